The standard InChI is InChI=1S/C19H16N4O4S/c1-9(2)18-22-23-16(20)13(17(25)21-19(23)28-18)6-10-8-27-14-5-4-11(26-3)7-12(14)15(10)24/h4-9,20H,1-3H3. The van der Waals surface area contributed by atoms with Gasteiger partial charge in [0.25, 0.3) is 5.91 Å². The highest BCUT2D eigenvalue weighted by Crippen LogP contribution is 2.30. The summed E-state index contributed by atoms with van der Waals surface area (Å²) in [7, 11) is 1.51. The van der Waals surface area contributed by atoms with Crippen molar-refractivity contribution in [1.82, 2.24) is 5.01 Å². The maximum absolute atomic E-state index is 12.8. The van der Waals surface area contributed by atoms with Gasteiger partial charge >= 0.3 is 0 Å². The minimum Gasteiger partial charge on any atom is -0.497 e. The zero-order valence-electron chi connectivity index (χ0n) is 15.3. The molecule has 9 heteroatoms. The molecule has 1 aromatic carbocycles. The van der Waals surface area contributed by atoms with Crippen molar-refractivity contribution in [3.05, 3.63) is 45.8 Å². The molecular weight excluding hydrogens is 380 g/mol. The predicted octanol–water partition coefficient (Wildman–Crippen LogP) is 3.08. The predicted molar refractivity (Wildman–Crippen MR) is 109 cm³/mol. The van der Waals surface area contributed by atoms with Crippen molar-refractivity contribution in [3.8, 4) is 5.75 Å². The molecule has 0 spiro atoms. The summed E-state index contributed by atoms with van der Waals surface area (Å²) in [5.41, 5.74) is 0.200. The number of aliphatic imine (C=N–C) groups is 1. The van der Waals surface area contributed by atoms with Crippen molar-refractivity contribution < 1.29 is 13.9 Å². The zero-order chi connectivity index (χ0) is 20.0. The molecule has 1 N–H and O–H groups in total. The zero-order valence-corrected chi connectivity index (χ0v) is 16.2. The Bertz CT molecular complexity index is 1180. The fourth-order valence-corrected chi connectivity index (χ4v) is 3.64. The maximum Gasteiger partial charge on any atom is 0.283 e. The molecule has 28 heavy (non-hydrogen) atoms. The number of hydrogen-bond donors (Lipinski definition) is 1. The second-order valence-electron chi connectivity index (χ2n) is 6.50. The molecule has 1 amide bonds. The lowest BCUT2D eigenvalue weighted by atomic mass is 10.1. The van der Waals surface area contributed by atoms with Gasteiger partial charge in [0.05, 0.1) is 23.6 Å². The van der Waals surface area contributed by atoms with E-state index < -0.39 is 5.91 Å². The number of amides is 1. The van der Waals surface area contributed by atoms with Crippen LogP contribution in [-0.4, -0.2) is 34.1 Å². The largest absolute Gasteiger partial charge is 0.497 e. The van der Waals surface area contributed by atoms with Crippen molar-refractivity contribution in [1.29, 1.82) is 5.41 Å². The Kier molecular flexibility index (Phi) is 4.38. The van der Waals surface area contributed by atoms with Gasteiger partial charge in [-0.05, 0) is 36.0 Å². The Morgan fingerprint density at radius 3 is 2.82 bits per heavy atom. The van der Waals surface area contributed by atoms with Gasteiger partial charge in [-0.1, -0.05) is 13.8 Å². The fraction of sp³-hybridized carbons (Fsp3) is 0.211. The number of benzene rings is 1. The van der Waals surface area contributed by atoms with E-state index in [1.54, 1.807) is 18.2 Å². The Balaban J connectivity index is 1.79. The van der Waals surface area contributed by atoms with E-state index in [2.05, 4.69) is 10.1 Å². The summed E-state index contributed by atoms with van der Waals surface area (Å²) < 4.78 is 10.7. The molecule has 3 heterocycles. The number of fused-ring (bicyclic) bond motifs is 2. The maximum atomic E-state index is 12.8. The van der Waals surface area contributed by atoms with Crippen molar-refractivity contribution in [2.75, 3.05) is 7.11 Å². The molecule has 4 rings (SSSR count). The van der Waals surface area contributed by atoms with Gasteiger partial charge in [0.2, 0.25) is 5.17 Å². The molecule has 8 nitrogen and oxygen atoms in total. The van der Waals surface area contributed by atoms with Gasteiger partial charge in [-0.25, -0.2) is 0 Å². The van der Waals surface area contributed by atoms with Crippen LogP contribution in [0.5, 0.6) is 5.75 Å². The van der Waals surface area contributed by atoms with E-state index in [1.807, 2.05) is 13.8 Å². The number of hydrazone groups is 1. The molecule has 0 saturated heterocycles. The lowest BCUT2D eigenvalue weighted by molar-refractivity contribution is -0.114. The molecule has 142 valence electrons. The molecule has 0 fully saturated rings. The average Bonchev–Trinajstić information content (AvgIpc) is 3.11. The summed E-state index contributed by atoms with van der Waals surface area (Å²) in [6.07, 6.45) is 2.59. The number of rotatable bonds is 3. The lowest BCUT2D eigenvalue weighted by Crippen LogP contribution is -2.35. The van der Waals surface area contributed by atoms with Crippen molar-refractivity contribution in [2.24, 2.45) is 16.0 Å². The summed E-state index contributed by atoms with van der Waals surface area (Å²) in [5.74, 6) is -0.0431. The molecule has 2 aliphatic heterocycles. The van der Waals surface area contributed by atoms with Gasteiger partial charge < -0.3 is 9.15 Å². The van der Waals surface area contributed by atoms with Gasteiger partial charge in [-0.3, -0.25) is 15.0 Å². The van der Waals surface area contributed by atoms with Crippen LogP contribution in [0.1, 0.15) is 19.4 Å². The lowest BCUT2D eigenvalue weighted by Gasteiger charge is -2.20. The van der Waals surface area contributed by atoms with Crippen LogP contribution in [0, 0.1) is 11.3 Å². The third-order valence-corrected chi connectivity index (χ3v) is 5.48. The van der Waals surface area contributed by atoms with Crippen molar-refractivity contribution in [2.45, 2.75) is 13.8 Å². The van der Waals surface area contributed by atoms with Gasteiger partial charge in [0, 0.05) is 5.92 Å². The smallest absolute Gasteiger partial charge is 0.283 e. The van der Waals surface area contributed by atoms with E-state index >= 15 is 0 Å². The molecule has 1 aromatic heterocycles. The minimum atomic E-state index is -0.589. The van der Waals surface area contributed by atoms with Gasteiger partial charge in [0.1, 0.15) is 22.6 Å². The molecule has 2 aromatic rings. The van der Waals surface area contributed by atoms with Gasteiger partial charge in [-0.2, -0.15) is 15.1 Å². The van der Waals surface area contributed by atoms with Crippen LogP contribution in [-0.2, 0) is 4.79 Å². The number of thioether (sulfide) groups is 1. The van der Waals surface area contributed by atoms with Crippen LogP contribution in [0.3, 0.4) is 0 Å². The van der Waals surface area contributed by atoms with Gasteiger partial charge in [0.15, 0.2) is 11.3 Å². The fourth-order valence-electron chi connectivity index (χ4n) is 2.75. The number of carbonyl (C=O) groups excluding carboxylic acids is 1. The molecular formula is C19H16N4O4S. The Morgan fingerprint density at radius 2 is 2.11 bits per heavy atom. The third kappa shape index (κ3) is 2.93. The molecule has 0 bridgehead atoms. The molecule has 0 saturated carbocycles. The summed E-state index contributed by atoms with van der Waals surface area (Å²) in [6, 6.07) is 4.90. The number of nitrogens with one attached hydrogen (secondary N) is 1. The first-order chi connectivity index (χ1) is 13.4. The topological polar surface area (TPSA) is 108 Å². The highest BCUT2D eigenvalue weighted by Gasteiger charge is 2.36. The first-order valence-electron chi connectivity index (χ1n) is 8.48. The van der Waals surface area contributed by atoms with E-state index in [0.29, 0.717) is 21.9 Å². The van der Waals surface area contributed by atoms with Crippen molar-refractivity contribution >= 4 is 50.8 Å². The highest BCUT2D eigenvalue weighted by atomic mass is 32.2. The Morgan fingerprint density at radius 1 is 1.32 bits per heavy atom. The van der Waals surface area contributed by atoms with Crippen molar-refractivity contribution in [3.63, 3.8) is 0 Å². The molecule has 0 radical (unpaired) electrons. The van der Waals surface area contributed by atoms with Crippen LogP contribution in [0.15, 0.2) is 49.3 Å². The van der Waals surface area contributed by atoms with Crippen LogP contribution in [0.2, 0.25) is 0 Å². The number of hydrogen-bond acceptors (Lipinski definition) is 7. The molecule has 0 aliphatic carbocycles. The SMILES string of the molecule is COc1ccc2occ(C=C3C(=N)N4N=C(C(C)C)SC4=NC3=O)c(=O)c2c1. The number of carbonyl (C=O) groups is 1. The quantitative estimate of drug-likeness (QED) is 0.799. The minimum absolute atomic E-state index is 0.0207. The molecule has 0 atom stereocenters. The molecule has 2 aliphatic rings. The molecule has 0 unspecified atom stereocenters. The van der Waals surface area contributed by atoms with E-state index in [0.717, 1.165) is 5.04 Å². The summed E-state index contributed by atoms with van der Waals surface area (Å²) >= 11 is 1.27. The van der Waals surface area contributed by atoms with E-state index in [-0.39, 0.29) is 28.3 Å². The summed E-state index contributed by atoms with van der Waals surface area (Å²) in [4.78, 5) is 29.3. The summed E-state index contributed by atoms with van der Waals surface area (Å²) in [6.45, 7) is 3.95. The second-order valence-corrected chi connectivity index (χ2v) is 7.48. The van der Waals surface area contributed by atoms with Crippen LogP contribution in [0.25, 0.3) is 17.0 Å². The van der Waals surface area contributed by atoms with E-state index in [9.17, 15) is 9.59 Å². The highest BCUT2D eigenvalue weighted by molar-refractivity contribution is 8.27. The number of amidine groups is 2. The first-order valence-corrected chi connectivity index (χ1v) is 9.30. The van der Waals surface area contributed by atoms with E-state index in [1.165, 1.54) is 36.2 Å². The van der Waals surface area contributed by atoms with Gasteiger partial charge in [-0.15, -0.1) is 0 Å². The van der Waals surface area contributed by atoms with E-state index in [4.69, 9.17) is 14.6 Å². The third-order valence-electron chi connectivity index (χ3n) is 4.27. The Hall–Kier alpha value is -3.20. The van der Waals surface area contributed by atoms with Crippen LogP contribution < -0.4 is 10.2 Å². The normalized spacial score (nSPS) is 18.0. The number of ether oxygens (including phenoxy) is 1. The van der Waals surface area contributed by atoms with Crippen LogP contribution >= 0.6 is 11.8 Å². The monoisotopic (exact) mass is 396 g/mol. The average molecular weight is 396 g/mol. The number of methoxy groups -OCH3 is 1. The first kappa shape index (κ1) is 18.2. The van der Waals surface area contributed by atoms with Crippen LogP contribution in [0.4, 0.5) is 0 Å². The Labute approximate surface area is 164 Å². The number of nitrogens with zero attached hydrogens (tertiary/aromatic N) is 3. The second kappa shape index (κ2) is 6.75. The summed E-state index contributed by atoms with van der Waals surface area (Å²) in [5, 5.41) is 15.5.